The summed E-state index contributed by atoms with van der Waals surface area (Å²) >= 11 is 5.10. The molecule has 9 heteroatoms. The Bertz CT molecular complexity index is 1160. The molecule has 0 bridgehead atoms. The lowest BCUT2D eigenvalue weighted by molar-refractivity contribution is -0.121. The molecule has 1 unspecified atom stereocenters. The van der Waals surface area contributed by atoms with Crippen molar-refractivity contribution in [3.8, 4) is 12.3 Å². The molecular weight excluding hydrogens is 468 g/mol. The van der Waals surface area contributed by atoms with Crippen molar-refractivity contribution in [1.29, 1.82) is 0 Å². The van der Waals surface area contributed by atoms with E-state index in [-0.39, 0.29) is 37.6 Å². The summed E-state index contributed by atoms with van der Waals surface area (Å²) < 4.78 is 26.3. The molecule has 34 heavy (non-hydrogen) atoms. The van der Waals surface area contributed by atoms with Crippen LogP contribution < -0.4 is 10.6 Å². The van der Waals surface area contributed by atoms with Gasteiger partial charge < -0.3 is 10.6 Å². The molecule has 0 aromatic heterocycles. The van der Waals surface area contributed by atoms with Gasteiger partial charge in [0.15, 0.2) is 0 Å². The second-order valence-corrected chi connectivity index (χ2v) is 11.0. The molecule has 0 aliphatic carbocycles. The van der Waals surface area contributed by atoms with E-state index in [2.05, 4.69) is 64.8 Å². The van der Waals surface area contributed by atoms with Crippen LogP contribution in [-0.2, 0) is 14.8 Å². The predicted octanol–water partition coefficient (Wildman–Crippen LogP) is 2.29. The molecule has 3 rings (SSSR count). The second kappa shape index (κ2) is 11.8. The number of sulfonamides is 1. The average Bonchev–Trinajstić information content (AvgIpc) is 2.83. The Morgan fingerprint density at radius 3 is 2.56 bits per heavy atom. The van der Waals surface area contributed by atoms with Crippen molar-refractivity contribution in [2.45, 2.75) is 31.8 Å². The van der Waals surface area contributed by atoms with E-state index in [1.807, 2.05) is 6.07 Å². The van der Waals surface area contributed by atoms with E-state index in [0.29, 0.717) is 17.8 Å². The van der Waals surface area contributed by atoms with Crippen LogP contribution in [0.1, 0.15) is 31.4 Å². The number of carbonyl (C=O) groups is 1. The topological polar surface area (TPSA) is 81.8 Å². The fourth-order valence-corrected chi connectivity index (χ4v) is 5.73. The lowest BCUT2D eigenvalue weighted by Crippen LogP contribution is -2.51. The first-order valence-electron chi connectivity index (χ1n) is 11.4. The van der Waals surface area contributed by atoms with E-state index in [1.54, 1.807) is 0 Å². The Labute approximate surface area is 207 Å². The molecular formula is C25H32N4O3S2. The molecule has 2 aromatic rings. The maximum absolute atomic E-state index is 12.5. The van der Waals surface area contributed by atoms with Gasteiger partial charge in [-0.1, -0.05) is 60.6 Å². The van der Waals surface area contributed by atoms with Crippen molar-refractivity contribution in [2.75, 3.05) is 39.0 Å². The standard InChI is InChI=1S/C25H32N4O3S2/c1-4-14-26-25(33)17-27-24(30)18-29(34(3,31)32)21-12-15-28(16-13-21)19(2)22-11-7-9-20-8-5-6-10-23(20)22/h1,5-11,19,21H,12-18H2,2-3H3,(H,26,33)(H,27,30). The van der Waals surface area contributed by atoms with Crippen molar-refractivity contribution in [3.05, 3.63) is 48.0 Å². The van der Waals surface area contributed by atoms with Crippen LogP contribution in [0.3, 0.4) is 0 Å². The van der Waals surface area contributed by atoms with Crippen molar-refractivity contribution < 1.29 is 13.2 Å². The third-order valence-electron chi connectivity index (χ3n) is 6.29. The molecule has 182 valence electrons. The number of fused-ring (bicyclic) bond motifs is 1. The number of benzene rings is 2. The minimum Gasteiger partial charge on any atom is -0.367 e. The van der Waals surface area contributed by atoms with Crippen LogP contribution in [0, 0.1) is 12.3 Å². The normalized spacial score (nSPS) is 16.2. The van der Waals surface area contributed by atoms with Gasteiger partial charge in [0.05, 0.1) is 30.9 Å². The molecule has 0 spiro atoms. The zero-order valence-electron chi connectivity index (χ0n) is 19.7. The number of thiocarbonyl (C=S) groups is 1. The Morgan fingerprint density at radius 1 is 1.21 bits per heavy atom. The summed E-state index contributed by atoms with van der Waals surface area (Å²) in [6, 6.07) is 14.7. The van der Waals surface area contributed by atoms with Crippen LogP contribution in [-0.4, -0.2) is 73.5 Å². The summed E-state index contributed by atoms with van der Waals surface area (Å²) in [6.07, 6.45) is 7.66. The Morgan fingerprint density at radius 2 is 1.88 bits per heavy atom. The molecule has 1 aliphatic heterocycles. The largest absolute Gasteiger partial charge is 0.367 e. The monoisotopic (exact) mass is 500 g/mol. The van der Waals surface area contributed by atoms with Gasteiger partial charge in [-0.25, -0.2) is 8.42 Å². The van der Waals surface area contributed by atoms with Crippen LogP contribution in [0.2, 0.25) is 0 Å². The third-order valence-corrected chi connectivity index (χ3v) is 7.85. The number of amides is 1. The highest BCUT2D eigenvalue weighted by Gasteiger charge is 2.33. The number of hydrogen-bond acceptors (Lipinski definition) is 5. The third kappa shape index (κ3) is 6.76. The zero-order valence-corrected chi connectivity index (χ0v) is 21.3. The minimum atomic E-state index is -3.55. The summed E-state index contributed by atoms with van der Waals surface area (Å²) in [4.78, 5) is 15.2. The van der Waals surface area contributed by atoms with Crippen LogP contribution in [0.25, 0.3) is 10.8 Å². The molecule has 2 N–H and O–H groups in total. The molecule has 1 atom stereocenters. The number of hydrogen-bond donors (Lipinski definition) is 2. The van der Waals surface area contributed by atoms with Crippen molar-refractivity contribution in [2.24, 2.45) is 0 Å². The Hall–Kier alpha value is -2.51. The van der Waals surface area contributed by atoms with Crippen LogP contribution in [0.4, 0.5) is 0 Å². The van der Waals surface area contributed by atoms with Crippen molar-refractivity contribution in [3.63, 3.8) is 0 Å². The van der Waals surface area contributed by atoms with Gasteiger partial charge in [-0.05, 0) is 36.1 Å². The molecule has 0 saturated carbocycles. The lowest BCUT2D eigenvalue weighted by Gasteiger charge is -2.39. The van der Waals surface area contributed by atoms with Crippen molar-refractivity contribution >= 4 is 43.9 Å². The quantitative estimate of drug-likeness (QED) is 0.406. The number of rotatable bonds is 9. The van der Waals surface area contributed by atoms with Gasteiger partial charge in [-0.2, -0.15) is 4.31 Å². The van der Waals surface area contributed by atoms with Gasteiger partial charge in [0.25, 0.3) is 0 Å². The highest BCUT2D eigenvalue weighted by Crippen LogP contribution is 2.31. The predicted molar refractivity (Wildman–Crippen MR) is 141 cm³/mol. The highest BCUT2D eigenvalue weighted by atomic mass is 32.2. The fraction of sp³-hybridized carbons (Fsp3) is 0.440. The first-order valence-corrected chi connectivity index (χ1v) is 13.6. The fourth-order valence-electron chi connectivity index (χ4n) is 4.48. The Kier molecular flexibility index (Phi) is 9.03. The second-order valence-electron chi connectivity index (χ2n) is 8.58. The molecule has 1 aliphatic rings. The molecule has 1 heterocycles. The van der Waals surface area contributed by atoms with E-state index < -0.39 is 10.0 Å². The van der Waals surface area contributed by atoms with Gasteiger partial charge in [-0.15, -0.1) is 6.42 Å². The van der Waals surface area contributed by atoms with E-state index >= 15 is 0 Å². The molecule has 1 amide bonds. The van der Waals surface area contributed by atoms with E-state index in [1.165, 1.54) is 20.6 Å². The van der Waals surface area contributed by atoms with Gasteiger partial charge in [0.1, 0.15) is 0 Å². The van der Waals surface area contributed by atoms with Gasteiger partial charge >= 0.3 is 0 Å². The first kappa shape index (κ1) is 26.1. The zero-order chi connectivity index (χ0) is 24.7. The average molecular weight is 501 g/mol. The number of piperidine rings is 1. The van der Waals surface area contributed by atoms with Gasteiger partial charge in [-0.3, -0.25) is 9.69 Å². The SMILES string of the molecule is C#CCNC(=S)CNC(=O)CN(C1CCN(C(C)c2cccc3ccccc23)CC1)S(C)(=O)=O. The van der Waals surface area contributed by atoms with E-state index in [0.717, 1.165) is 19.3 Å². The summed E-state index contributed by atoms with van der Waals surface area (Å²) in [5.41, 5.74) is 1.27. The lowest BCUT2D eigenvalue weighted by atomic mass is 9.96. The summed E-state index contributed by atoms with van der Waals surface area (Å²) in [6.45, 7) is 3.88. The van der Waals surface area contributed by atoms with Gasteiger partial charge in [0.2, 0.25) is 15.9 Å². The maximum atomic E-state index is 12.5. The Balaban J connectivity index is 1.61. The minimum absolute atomic E-state index is 0.119. The van der Waals surface area contributed by atoms with Crippen LogP contribution >= 0.6 is 12.2 Å². The molecule has 2 aromatic carbocycles. The van der Waals surface area contributed by atoms with Crippen LogP contribution in [0.5, 0.6) is 0 Å². The summed E-state index contributed by atoms with van der Waals surface area (Å²) in [5.74, 6) is 2.02. The summed E-state index contributed by atoms with van der Waals surface area (Å²) in [7, 11) is -3.55. The molecule has 0 radical (unpaired) electrons. The number of terminal acetylenes is 1. The highest BCUT2D eigenvalue weighted by molar-refractivity contribution is 7.88. The molecule has 7 nitrogen and oxygen atoms in total. The molecule has 1 fully saturated rings. The maximum Gasteiger partial charge on any atom is 0.235 e. The number of carbonyl (C=O) groups excluding carboxylic acids is 1. The van der Waals surface area contributed by atoms with Gasteiger partial charge in [0, 0.05) is 25.2 Å². The van der Waals surface area contributed by atoms with Crippen LogP contribution in [0.15, 0.2) is 42.5 Å². The number of nitrogens with zero attached hydrogens (tertiary/aromatic N) is 2. The van der Waals surface area contributed by atoms with E-state index in [9.17, 15) is 13.2 Å². The number of nitrogens with one attached hydrogen (secondary N) is 2. The number of likely N-dealkylation sites (tertiary alicyclic amines) is 1. The first-order chi connectivity index (χ1) is 16.2. The summed E-state index contributed by atoms with van der Waals surface area (Å²) in [5, 5.41) is 7.94. The van der Waals surface area contributed by atoms with E-state index in [4.69, 9.17) is 18.6 Å². The molecule has 1 saturated heterocycles. The smallest absolute Gasteiger partial charge is 0.235 e. The van der Waals surface area contributed by atoms with Crippen molar-refractivity contribution in [1.82, 2.24) is 19.8 Å².